The first-order valence-electron chi connectivity index (χ1n) is 6.66. The van der Waals surface area contributed by atoms with Crippen molar-refractivity contribution < 1.29 is 4.79 Å². The lowest BCUT2D eigenvalue weighted by Gasteiger charge is -2.29. The number of nitrogens with zero attached hydrogens (tertiary/aromatic N) is 2. The van der Waals surface area contributed by atoms with Gasteiger partial charge in [-0.1, -0.05) is 48.1 Å². The van der Waals surface area contributed by atoms with Gasteiger partial charge in [-0.25, -0.2) is 0 Å². The van der Waals surface area contributed by atoms with Crippen molar-refractivity contribution >= 4 is 33.4 Å². The third kappa shape index (κ3) is 3.99. The van der Waals surface area contributed by atoms with E-state index in [0.29, 0.717) is 11.4 Å². The lowest BCUT2D eigenvalue weighted by atomic mass is 9.84. The normalized spacial score (nSPS) is 11.9. The minimum atomic E-state index is -0.0501. The van der Waals surface area contributed by atoms with Crippen LogP contribution in [-0.2, 0) is 0 Å². The summed E-state index contributed by atoms with van der Waals surface area (Å²) >= 11 is 4.73. The minimum Gasteiger partial charge on any atom is -0.351 e. The van der Waals surface area contributed by atoms with E-state index in [1.807, 2.05) is 13.8 Å². The lowest BCUT2D eigenvalue weighted by molar-refractivity contribution is 0.0935. The summed E-state index contributed by atoms with van der Waals surface area (Å²) in [5.41, 5.74) is 0.922. The number of nitrogens with one attached hydrogen (secondary N) is 1. The Morgan fingerprint density at radius 3 is 2.53 bits per heavy atom. The number of carbonyl (C=O) groups excluding carboxylic acids is 1. The molecule has 0 saturated heterocycles. The number of amides is 1. The number of alkyl halides is 1. The van der Waals surface area contributed by atoms with Crippen LogP contribution in [0.2, 0.25) is 0 Å². The second-order valence-corrected chi connectivity index (χ2v) is 6.48. The fraction of sp³-hybridized carbons (Fsp3) is 0.769. The molecule has 0 fully saturated rings. The zero-order valence-corrected chi connectivity index (χ0v) is 14.4. The number of halogens is 1. The molecule has 1 aromatic rings. The molecule has 1 N–H and O–H groups in total. The molecule has 0 aromatic carbocycles. The number of carbonyl (C=O) groups is 1. The van der Waals surface area contributed by atoms with Crippen LogP contribution in [-0.4, -0.2) is 27.4 Å². The summed E-state index contributed by atoms with van der Waals surface area (Å²) in [5.74, 6) is 0.170. The van der Waals surface area contributed by atoms with Crippen molar-refractivity contribution in [3.05, 3.63) is 10.6 Å². The molecular weight excluding hydrogens is 326 g/mol. The summed E-state index contributed by atoms with van der Waals surface area (Å²) in [4.78, 5) is 12.9. The van der Waals surface area contributed by atoms with E-state index < -0.39 is 0 Å². The zero-order valence-electron chi connectivity index (χ0n) is 12.0. The van der Waals surface area contributed by atoms with Gasteiger partial charge in [0.25, 0.3) is 5.91 Å². The Morgan fingerprint density at radius 2 is 2.05 bits per heavy atom. The maximum atomic E-state index is 12.2. The predicted molar refractivity (Wildman–Crippen MR) is 83.1 cm³/mol. The van der Waals surface area contributed by atoms with E-state index in [2.05, 4.69) is 44.7 Å². The Labute approximate surface area is 127 Å². The van der Waals surface area contributed by atoms with Gasteiger partial charge >= 0.3 is 0 Å². The van der Waals surface area contributed by atoms with Crippen LogP contribution in [0.1, 0.15) is 61.8 Å². The van der Waals surface area contributed by atoms with Gasteiger partial charge in [0.05, 0.1) is 5.69 Å². The molecule has 4 nitrogen and oxygen atoms in total. The average Bonchev–Trinajstić information content (AvgIpc) is 2.90. The van der Waals surface area contributed by atoms with E-state index >= 15 is 0 Å². The number of hydrogen-bond donors (Lipinski definition) is 1. The molecule has 0 aliphatic rings. The standard InChI is InChI=1S/C13H22BrN3OS/c1-5-13(6-2,7-14)8-15-12(18)11-10(9(3)4)16-17-19-11/h9H,5-8H2,1-4H3,(H,15,18). The van der Waals surface area contributed by atoms with E-state index in [1.54, 1.807) is 0 Å². The Morgan fingerprint density at radius 1 is 1.42 bits per heavy atom. The third-order valence-corrected chi connectivity index (χ3v) is 5.60. The van der Waals surface area contributed by atoms with Crippen molar-refractivity contribution in [2.24, 2.45) is 5.41 Å². The molecule has 0 spiro atoms. The van der Waals surface area contributed by atoms with Crippen LogP contribution in [0.15, 0.2) is 0 Å². The van der Waals surface area contributed by atoms with Crippen LogP contribution in [0.3, 0.4) is 0 Å². The van der Waals surface area contributed by atoms with Gasteiger partial charge in [-0.15, -0.1) is 5.10 Å². The van der Waals surface area contributed by atoms with Gasteiger partial charge < -0.3 is 5.32 Å². The second-order valence-electron chi connectivity index (χ2n) is 5.17. The highest BCUT2D eigenvalue weighted by molar-refractivity contribution is 9.09. The summed E-state index contributed by atoms with van der Waals surface area (Å²) in [5, 5.41) is 7.97. The molecule has 1 amide bonds. The molecular formula is C13H22BrN3OS. The van der Waals surface area contributed by atoms with Crippen molar-refractivity contribution in [2.45, 2.75) is 46.5 Å². The molecule has 0 radical (unpaired) electrons. The number of hydrogen-bond acceptors (Lipinski definition) is 4. The van der Waals surface area contributed by atoms with Crippen molar-refractivity contribution in [3.8, 4) is 0 Å². The van der Waals surface area contributed by atoms with Crippen LogP contribution in [0.5, 0.6) is 0 Å². The van der Waals surface area contributed by atoms with Crippen LogP contribution >= 0.6 is 27.5 Å². The minimum absolute atomic E-state index is 0.0501. The molecule has 1 rings (SSSR count). The van der Waals surface area contributed by atoms with E-state index in [4.69, 9.17) is 0 Å². The maximum Gasteiger partial charge on any atom is 0.264 e. The fourth-order valence-corrected chi connectivity index (χ4v) is 3.54. The Hall–Kier alpha value is -0.490. The second kappa shape index (κ2) is 7.33. The first kappa shape index (κ1) is 16.6. The molecule has 0 bridgehead atoms. The van der Waals surface area contributed by atoms with Crippen LogP contribution in [0, 0.1) is 5.41 Å². The summed E-state index contributed by atoms with van der Waals surface area (Å²) in [7, 11) is 0. The Balaban J connectivity index is 2.72. The molecule has 0 aliphatic heterocycles. The molecule has 19 heavy (non-hydrogen) atoms. The first-order valence-corrected chi connectivity index (χ1v) is 8.55. The lowest BCUT2D eigenvalue weighted by Crippen LogP contribution is -2.38. The van der Waals surface area contributed by atoms with Gasteiger partial charge in [-0.3, -0.25) is 4.79 Å². The highest BCUT2D eigenvalue weighted by Crippen LogP contribution is 2.28. The number of rotatable bonds is 7. The SMILES string of the molecule is CCC(CC)(CBr)CNC(=O)c1snnc1C(C)C. The van der Waals surface area contributed by atoms with E-state index in [-0.39, 0.29) is 17.2 Å². The van der Waals surface area contributed by atoms with Crippen LogP contribution in [0.25, 0.3) is 0 Å². The summed E-state index contributed by atoms with van der Waals surface area (Å²) in [6, 6.07) is 0. The predicted octanol–water partition coefficient (Wildman–Crippen LogP) is 3.59. The van der Waals surface area contributed by atoms with Crippen LogP contribution in [0.4, 0.5) is 0 Å². The van der Waals surface area contributed by atoms with E-state index in [9.17, 15) is 4.79 Å². The fourth-order valence-electron chi connectivity index (χ4n) is 1.82. The third-order valence-electron chi connectivity index (χ3n) is 3.67. The van der Waals surface area contributed by atoms with Gasteiger partial charge in [0.2, 0.25) is 0 Å². The van der Waals surface area contributed by atoms with Crippen LogP contribution < -0.4 is 5.32 Å². The van der Waals surface area contributed by atoms with Gasteiger partial charge in [-0.2, -0.15) is 0 Å². The molecule has 0 aliphatic carbocycles. The Bertz CT molecular complexity index is 408. The van der Waals surface area contributed by atoms with Gasteiger partial charge in [0.15, 0.2) is 0 Å². The smallest absolute Gasteiger partial charge is 0.264 e. The first-order chi connectivity index (χ1) is 8.99. The van der Waals surface area contributed by atoms with E-state index in [0.717, 1.165) is 23.9 Å². The largest absolute Gasteiger partial charge is 0.351 e. The number of aromatic nitrogens is 2. The highest BCUT2D eigenvalue weighted by atomic mass is 79.9. The summed E-state index contributed by atoms with van der Waals surface area (Å²) in [6.07, 6.45) is 2.07. The molecule has 6 heteroatoms. The van der Waals surface area contributed by atoms with E-state index in [1.165, 1.54) is 11.5 Å². The Kier molecular flexibility index (Phi) is 6.39. The molecule has 1 aromatic heterocycles. The molecule has 0 atom stereocenters. The molecule has 1 heterocycles. The molecule has 108 valence electrons. The van der Waals surface area contributed by atoms with Gasteiger partial charge in [0, 0.05) is 11.9 Å². The van der Waals surface area contributed by atoms with Crippen molar-refractivity contribution in [3.63, 3.8) is 0 Å². The summed E-state index contributed by atoms with van der Waals surface area (Å²) in [6.45, 7) is 9.04. The van der Waals surface area contributed by atoms with Crippen molar-refractivity contribution in [2.75, 3.05) is 11.9 Å². The van der Waals surface area contributed by atoms with Gasteiger partial charge in [0.1, 0.15) is 4.88 Å². The zero-order chi connectivity index (χ0) is 14.5. The monoisotopic (exact) mass is 347 g/mol. The van der Waals surface area contributed by atoms with Crippen molar-refractivity contribution in [1.82, 2.24) is 14.9 Å². The van der Waals surface area contributed by atoms with Gasteiger partial charge in [-0.05, 0) is 35.7 Å². The molecule has 0 saturated carbocycles. The molecule has 0 unspecified atom stereocenters. The topological polar surface area (TPSA) is 54.9 Å². The summed E-state index contributed by atoms with van der Waals surface area (Å²) < 4.78 is 3.89. The average molecular weight is 348 g/mol. The quantitative estimate of drug-likeness (QED) is 0.766. The van der Waals surface area contributed by atoms with Crippen molar-refractivity contribution in [1.29, 1.82) is 0 Å². The maximum absolute atomic E-state index is 12.2. The highest BCUT2D eigenvalue weighted by Gasteiger charge is 2.27.